The van der Waals surface area contributed by atoms with Gasteiger partial charge in [-0.3, -0.25) is 0 Å². The van der Waals surface area contributed by atoms with Gasteiger partial charge in [-0.05, 0) is 57.7 Å². The molecule has 2 aromatic heterocycles. The molecule has 0 aliphatic carbocycles. The summed E-state index contributed by atoms with van der Waals surface area (Å²) in [5.41, 5.74) is 9.28. The van der Waals surface area contributed by atoms with Crippen LogP contribution in [0.2, 0.25) is 0 Å². The van der Waals surface area contributed by atoms with Crippen LogP contribution in [0.4, 0.5) is 5.82 Å². The maximum absolute atomic E-state index is 5.22. The van der Waals surface area contributed by atoms with Crippen LogP contribution < -0.4 is 10.2 Å². The number of nitrogens with one attached hydrogen (secondary N) is 1. The minimum Gasteiger partial charge on any atom is -0.387 e. The summed E-state index contributed by atoms with van der Waals surface area (Å²) in [4.78, 5) is 12.3. The molecule has 0 radical (unpaired) electrons. The SMILES string of the molecule is C=C1CCc2ccc(C)cc2C(=C)N2CCCCC2c2cc3nc(C4CN(C)C4)cc(n3n2)N(C)CCN1. The average Bonchev–Trinajstić information content (AvgIpc) is 3.33. The van der Waals surface area contributed by atoms with Gasteiger partial charge in [-0.15, -0.1) is 0 Å². The number of hydrogen-bond donors (Lipinski definition) is 1. The van der Waals surface area contributed by atoms with Crippen molar-refractivity contribution in [3.8, 4) is 0 Å². The first-order chi connectivity index (χ1) is 18.4. The summed E-state index contributed by atoms with van der Waals surface area (Å²) in [6.45, 7) is 16.0. The fourth-order valence-electron chi connectivity index (χ4n) is 6.31. The van der Waals surface area contributed by atoms with Crippen LogP contribution >= 0.6 is 0 Å². The summed E-state index contributed by atoms with van der Waals surface area (Å²) >= 11 is 0. The molecule has 38 heavy (non-hydrogen) atoms. The van der Waals surface area contributed by atoms with Gasteiger partial charge in [-0.2, -0.15) is 9.61 Å². The fraction of sp³-hybridized carbons (Fsp3) is 0.484. The number of hydrogen-bond acceptors (Lipinski definition) is 6. The van der Waals surface area contributed by atoms with Crippen molar-refractivity contribution in [3.05, 3.63) is 77.3 Å². The predicted molar refractivity (Wildman–Crippen MR) is 155 cm³/mol. The number of aromatic nitrogens is 3. The lowest BCUT2D eigenvalue weighted by atomic mass is 9.93. The Morgan fingerprint density at radius 1 is 0.974 bits per heavy atom. The van der Waals surface area contributed by atoms with E-state index in [1.54, 1.807) is 0 Å². The normalized spacial score (nSPS) is 21.8. The molecule has 1 atom stereocenters. The second kappa shape index (κ2) is 10.1. The fourth-order valence-corrected chi connectivity index (χ4v) is 6.31. The van der Waals surface area contributed by atoms with Crippen LogP contribution in [0.15, 0.2) is 49.2 Å². The quantitative estimate of drug-likeness (QED) is 0.509. The molecular weight excluding hydrogens is 470 g/mol. The topological polar surface area (TPSA) is 51.9 Å². The summed E-state index contributed by atoms with van der Waals surface area (Å²) in [7, 11) is 4.34. The molecule has 0 spiro atoms. The van der Waals surface area contributed by atoms with Crippen molar-refractivity contribution in [2.75, 3.05) is 51.7 Å². The molecule has 7 nitrogen and oxygen atoms in total. The van der Waals surface area contributed by atoms with Gasteiger partial charge in [-0.25, -0.2) is 4.98 Å². The van der Waals surface area contributed by atoms with Gasteiger partial charge in [0.25, 0.3) is 0 Å². The highest BCUT2D eigenvalue weighted by Gasteiger charge is 2.31. The minimum atomic E-state index is 0.201. The van der Waals surface area contributed by atoms with Crippen LogP contribution in [0.3, 0.4) is 0 Å². The molecule has 3 aliphatic heterocycles. The maximum Gasteiger partial charge on any atom is 0.157 e. The molecule has 3 aliphatic rings. The van der Waals surface area contributed by atoms with Gasteiger partial charge in [-0.1, -0.05) is 30.9 Å². The van der Waals surface area contributed by atoms with Crippen molar-refractivity contribution in [2.24, 2.45) is 0 Å². The van der Waals surface area contributed by atoms with E-state index in [1.165, 1.54) is 35.2 Å². The lowest BCUT2D eigenvalue weighted by molar-refractivity contribution is 0.187. The number of rotatable bonds is 1. The standard InChI is InChI=1S/C31H41N7/c1-21-9-11-24-12-10-22(2)32-13-15-36(5)31-18-27(25-19-35(4)20-25)33-30-17-28(34-38(30)31)29-8-6-7-14-37(29)23(3)26(24)16-21/h9,11,16-18,25,29,32H,2-3,6-8,10,12-15,19-20H2,1,4-5H3. The largest absolute Gasteiger partial charge is 0.387 e. The van der Waals surface area contributed by atoms with Gasteiger partial charge in [0.2, 0.25) is 0 Å². The van der Waals surface area contributed by atoms with Crippen molar-refractivity contribution in [1.82, 2.24) is 29.7 Å². The molecule has 3 aromatic rings. The Balaban J connectivity index is 1.46. The molecule has 0 saturated carbocycles. The molecule has 5 heterocycles. The van der Waals surface area contributed by atoms with Crippen molar-refractivity contribution >= 4 is 17.2 Å². The third-order valence-corrected chi connectivity index (χ3v) is 8.61. The zero-order chi connectivity index (χ0) is 26.4. The average molecular weight is 512 g/mol. The molecular formula is C31H41N7. The number of aryl methyl sites for hydroxylation is 2. The van der Waals surface area contributed by atoms with Crippen molar-refractivity contribution in [2.45, 2.75) is 51.0 Å². The van der Waals surface area contributed by atoms with Crippen LogP contribution in [0.5, 0.6) is 0 Å². The Kier molecular flexibility index (Phi) is 6.64. The zero-order valence-corrected chi connectivity index (χ0v) is 23.2. The zero-order valence-electron chi connectivity index (χ0n) is 23.2. The summed E-state index contributed by atoms with van der Waals surface area (Å²) in [6, 6.07) is 11.5. The highest BCUT2D eigenvalue weighted by atomic mass is 15.4. The number of allylic oxidation sites excluding steroid dienone is 1. The second-order valence-electron chi connectivity index (χ2n) is 11.6. The molecule has 1 N–H and O–H groups in total. The van der Waals surface area contributed by atoms with Crippen LogP contribution in [0.25, 0.3) is 11.3 Å². The van der Waals surface area contributed by atoms with E-state index in [2.05, 4.69) is 89.0 Å². The van der Waals surface area contributed by atoms with Gasteiger partial charge in [0.1, 0.15) is 5.82 Å². The number of likely N-dealkylation sites (N-methyl/N-ethyl adjacent to an activating group) is 2. The summed E-state index contributed by atoms with van der Waals surface area (Å²) in [6.07, 6.45) is 5.32. The van der Waals surface area contributed by atoms with Crippen molar-refractivity contribution in [1.29, 1.82) is 0 Å². The summed E-state index contributed by atoms with van der Waals surface area (Å²) in [5.74, 6) is 1.58. The Morgan fingerprint density at radius 3 is 2.63 bits per heavy atom. The lowest BCUT2D eigenvalue weighted by Crippen LogP contribution is -2.42. The van der Waals surface area contributed by atoms with Gasteiger partial charge in [0.05, 0.1) is 17.4 Å². The molecule has 0 amide bonds. The molecule has 6 rings (SSSR count). The number of piperidine rings is 1. The number of benzene rings is 1. The number of nitrogens with zero attached hydrogens (tertiary/aromatic N) is 6. The van der Waals surface area contributed by atoms with Crippen LogP contribution in [-0.4, -0.2) is 71.2 Å². The van der Waals surface area contributed by atoms with Crippen LogP contribution in [0, 0.1) is 6.92 Å². The van der Waals surface area contributed by atoms with E-state index in [4.69, 9.17) is 10.1 Å². The lowest BCUT2D eigenvalue weighted by Gasteiger charge is -2.38. The Labute approximate surface area is 226 Å². The Morgan fingerprint density at radius 2 is 1.82 bits per heavy atom. The highest BCUT2D eigenvalue weighted by Crippen LogP contribution is 2.38. The third kappa shape index (κ3) is 4.68. The first kappa shape index (κ1) is 25.0. The van der Waals surface area contributed by atoms with Crippen LogP contribution in [0.1, 0.15) is 65.7 Å². The molecule has 200 valence electrons. The first-order valence-corrected chi connectivity index (χ1v) is 14.1. The second-order valence-corrected chi connectivity index (χ2v) is 11.6. The van der Waals surface area contributed by atoms with E-state index in [1.807, 2.05) is 0 Å². The van der Waals surface area contributed by atoms with E-state index in [-0.39, 0.29) is 6.04 Å². The molecule has 1 aromatic carbocycles. The first-order valence-electron chi connectivity index (χ1n) is 14.1. The molecule has 7 heteroatoms. The molecule has 2 bridgehead atoms. The van der Waals surface area contributed by atoms with Gasteiger partial charge in [0.15, 0.2) is 5.65 Å². The van der Waals surface area contributed by atoms with Gasteiger partial charge >= 0.3 is 0 Å². The monoisotopic (exact) mass is 511 g/mol. The van der Waals surface area contributed by atoms with E-state index in [0.29, 0.717) is 5.92 Å². The summed E-state index contributed by atoms with van der Waals surface area (Å²) in [5, 5.41) is 8.79. The predicted octanol–water partition coefficient (Wildman–Crippen LogP) is 4.75. The van der Waals surface area contributed by atoms with E-state index in [0.717, 1.165) is 80.5 Å². The van der Waals surface area contributed by atoms with E-state index >= 15 is 0 Å². The van der Waals surface area contributed by atoms with E-state index < -0.39 is 0 Å². The Bertz CT molecular complexity index is 1370. The van der Waals surface area contributed by atoms with Crippen LogP contribution in [-0.2, 0) is 6.42 Å². The minimum absolute atomic E-state index is 0.201. The smallest absolute Gasteiger partial charge is 0.157 e. The number of anilines is 1. The molecule has 1 unspecified atom stereocenters. The van der Waals surface area contributed by atoms with Crippen molar-refractivity contribution in [3.63, 3.8) is 0 Å². The molecule has 2 saturated heterocycles. The van der Waals surface area contributed by atoms with Gasteiger partial charge in [0, 0.05) is 74.8 Å². The highest BCUT2D eigenvalue weighted by molar-refractivity contribution is 5.66. The maximum atomic E-state index is 5.22. The number of fused-ring (bicyclic) bond motifs is 4. The van der Waals surface area contributed by atoms with Crippen molar-refractivity contribution < 1.29 is 0 Å². The molecule has 2 fully saturated rings. The summed E-state index contributed by atoms with van der Waals surface area (Å²) < 4.78 is 2.07. The van der Waals surface area contributed by atoms with Gasteiger partial charge < -0.3 is 20.0 Å². The van der Waals surface area contributed by atoms with E-state index in [9.17, 15) is 0 Å². The Hall–Kier alpha value is -3.32. The third-order valence-electron chi connectivity index (χ3n) is 8.61. The number of likely N-dealkylation sites (tertiary alicyclic amines) is 1.